The van der Waals surface area contributed by atoms with Crippen molar-refractivity contribution in [3.63, 3.8) is 0 Å². The normalized spacial score (nSPS) is 9.30. The van der Waals surface area contributed by atoms with Crippen LogP contribution in [-0.4, -0.2) is 18.0 Å². The molecule has 2 nitrogen and oxygen atoms in total. The summed E-state index contributed by atoms with van der Waals surface area (Å²) in [5, 5.41) is 8.40. The molecule has 0 atom stereocenters. The van der Waals surface area contributed by atoms with Crippen LogP contribution in [0.3, 0.4) is 0 Å². The Balaban J connectivity index is 3.03. The molecule has 0 fully saturated rings. The van der Waals surface area contributed by atoms with Crippen molar-refractivity contribution in [1.82, 2.24) is 0 Å². The number of carbonyl (C=O) groups is 1. The molecule has 0 heterocycles. The van der Waals surface area contributed by atoms with E-state index >= 15 is 0 Å². The Kier molecular flexibility index (Phi) is 6.08. The van der Waals surface area contributed by atoms with Gasteiger partial charge in [0, 0.05) is 6.61 Å². The summed E-state index contributed by atoms with van der Waals surface area (Å²) in [5.74, 6) is 0. The van der Waals surface area contributed by atoms with Gasteiger partial charge in [0.05, 0.1) is 0 Å². The summed E-state index contributed by atoms with van der Waals surface area (Å²) < 4.78 is 0. The van der Waals surface area contributed by atoms with E-state index in [4.69, 9.17) is 5.11 Å². The van der Waals surface area contributed by atoms with Crippen molar-refractivity contribution in [3.8, 4) is 0 Å². The first kappa shape index (κ1) is 9.37. The molecule has 0 aliphatic heterocycles. The van der Waals surface area contributed by atoms with Gasteiger partial charge >= 0.3 is 0 Å². The van der Waals surface area contributed by atoms with Gasteiger partial charge in [-0.15, -0.1) is 0 Å². The van der Waals surface area contributed by atoms with E-state index in [1.54, 1.807) is 0 Å². The van der Waals surface area contributed by atoms with Crippen molar-refractivity contribution in [2.45, 2.75) is 25.7 Å². The van der Waals surface area contributed by atoms with Gasteiger partial charge in [0.2, 0.25) is 0 Å². The van der Waals surface area contributed by atoms with Gasteiger partial charge in [0.15, 0.2) is 0 Å². The summed E-state index contributed by atoms with van der Waals surface area (Å²) in [4.78, 5) is 10.0. The number of aliphatic hydroxyl groups is 1. The van der Waals surface area contributed by atoms with Gasteiger partial charge < -0.3 is 5.11 Å². The third kappa shape index (κ3) is 5.51. The van der Waals surface area contributed by atoms with Crippen molar-refractivity contribution < 1.29 is 9.90 Å². The molecule has 0 aliphatic carbocycles. The second-order valence-corrected chi connectivity index (χ2v) is 2.31. The summed E-state index contributed by atoms with van der Waals surface area (Å²) in [6.45, 7) is 3.78. The Bertz CT molecular complexity index is 108. The lowest BCUT2D eigenvalue weighted by molar-refractivity contribution is -0.105. The Hall–Kier alpha value is -0.630. The van der Waals surface area contributed by atoms with E-state index in [-0.39, 0.29) is 6.61 Å². The number of hydrogen-bond donors (Lipinski definition) is 1. The van der Waals surface area contributed by atoms with E-state index < -0.39 is 0 Å². The lowest BCUT2D eigenvalue weighted by Gasteiger charge is -1.95. The number of hydrogen-bond acceptors (Lipinski definition) is 2. The monoisotopic (exact) mass is 142 g/mol. The second kappa shape index (κ2) is 6.49. The quantitative estimate of drug-likeness (QED) is 0.345. The Morgan fingerprint density at radius 3 is 2.60 bits per heavy atom. The Morgan fingerprint density at radius 2 is 2.10 bits per heavy atom. The largest absolute Gasteiger partial charge is 0.396 e. The Morgan fingerprint density at radius 1 is 1.40 bits per heavy atom. The zero-order chi connectivity index (χ0) is 7.82. The average Bonchev–Trinajstić information content (AvgIpc) is 1.98. The predicted molar refractivity (Wildman–Crippen MR) is 40.8 cm³/mol. The van der Waals surface area contributed by atoms with E-state index in [2.05, 4.69) is 6.58 Å². The van der Waals surface area contributed by atoms with E-state index in [0.29, 0.717) is 5.57 Å². The zero-order valence-electron chi connectivity index (χ0n) is 6.18. The van der Waals surface area contributed by atoms with Crippen molar-refractivity contribution in [2.75, 3.05) is 6.61 Å². The molecule has 2 heteroatoms. The molecule has 0 saturated heterocycles. The molecule has 0 unspecified atom stereocenters. The number of carbonyl (C=O) groups excluding carboxylic acids is 1. The fraction of sp³-hybridized carbons (Fsp3) is 0.625. The maximum Gasteiger partial charge on any atom is 0.145 e. The standard InChI is InChI=1S/C8H14O2/c1-8(7-10)5-3-2-4-6-9/h7,9H,1-6H2. The highest BCUT2D eigenvalue weighted by Gasteiger charge is 1.91. The molecule has 0 radical (unpaired) electrons. The molecule has 1 N–H and O–H groups in total. The topological polar surface area (TPSA) is 37.3 Å². The number of aldehydes is 1. The van der Waals surface area contributed by atoms with Crippen LogP contribution in [0.15, 0.2) is 12.2 Å². The molecular weight excluding hydrogens is 128 g/mol. The average molecular weight is 142 g/mol. The number of aliphatic hydroxyl groups excluding tert-OH is 1. The second-order valence-electron chi connectivity index (χ2n) is 2.31. The minimum Gasteiger partial charge on any atom is -0.396 e. The summed E-state index contributed by atoms with van der Waals surface area (Å²) >= 11 is 0. The molecular formula is C8H14O2. The van der Waals surface area contributed by atoms with E-state index in [1.165, 1.54) is 0 Å². The minimum absolute atomic E-state index is 0.244. The maximum atomic E-state index is 10.0. The summed E-state index contributed by atoms with van der Waals surface area (Å²) in [6, 6.07) is 0. The predicted octanol–water partition coefficient (Wildman–Crippen LogP) is 1.29. The molecule has 0 aliphatic rings. The van der Waals surface area contributed by atoms with E-state index in [0.717, 1.165) is 32.0 Å². The smallest absolute Gasteiger partial charge is 0.145 e. The molecule has 0 bridgehead atoms. The molecule has 58 valence electrons. The van der Waals surface area contributed by atoms with Crippen LogP contribution in [0.1, 0.15) is 25.7 Å². The molecule has 0 aromatic heterocycles. The van der Waals surface area contributed by atoms with Crippen LogP contribution in [0.2, 0.25) is 0 Å². The Labute approximate surface area is 61.6 Å². The molecule has 0 aromatic rings. The van der Waals surface area contributed by atoms with Crippen LogP contribution in [0.5, 0.6) is 0 Å². The maximum absolute atomic E-state index is 10.0. The van der Waals surface area contributed by atoms with Gasteiger partial charge in [0.25, 0.3) is 0 Å². The van der Waals surface area contributed by atoms with Crippen LogP contribution in [0, 0.1) is 0 Å². The molecule has 0 saturated carbocycles. The van der Waals surface area contributed by atoms with Gasteiger partial charge in [-0.05, 0) is 24.8 Å². The third-order valence-electron chi connectivity index (χ3n) is 1.32. The van der Waals surface area contributed by atoms with Crippen molar-refractivity contribution >= 4 is 6.29 Å². The third-order valence-corrected chi connectivity index (χ3v) is 1.32. The number of allylic oxidation sites excluding steroid dienone is 1. The fourth-order valence-corrected chi connectivity index (χ4v) is 0.700. The SMILES string of the molecule is C=C(C=O)CCCCCO. The number of unbranched alkanes of at least 4 members (excludes halogenated alkanes) is 2. The number of rotatable bonds is 6. The first-order valence-corrected chi connectivity index (χ1v) is 3.55. The highest BCUT2D eigenvalue weighted by atomic mass is 16.2. The summed E-state index contributed by atoms with van der Waals surface area (Å²) in [5.41, 5.74) is 0.651. The van der Waals surface area contributed by atoms with Crippen LogP contribution >= 0.6 is 0 Å². The van der Waals surface area contributed by atoms with Gasteiger partial charge in [0.1, 0.15) is 6.29 Å². The lowest BCUT2D eigenvalue weighted by atomic mass is 10.1. The van der Waals surface area contributed by atoms with Gasteiger partial charge in [-0.3, -0.25) is 4.79 Å². The molecule has 0 amide bonds. The van der Waals surface area contributed by atoms with Crippen LogP contribution < -0.4 is 0 Å². The minimum atomic E-state index is 0.244. The van der Waals surface area contributed by atoms with Crippen LogP contribution in [0.4, 0.5) is 0 Å². The molecule has 0 spiro atoms. The summed E-state index contributed by atoms with van der Waals surface area (Å²) in [6.07, 6.45) is 4.32. The molecule has 0 rings (SSSR count). The van der Waals surface area contributed by atoms with Gasteiger partial charge in [-0.1, -0.05) is 13.0 Å². The highest BCUT2D eigenvalue weighted by Crippen LogP contribution is 2.03. The van der Waals surface area contributed by atoms with Gasteiger partial charge in [-0.2, -0.15) is 0 Å². The highest BCUT2D eigenvalue weighted by molar-refractivity contribution is 5.71. The van der Waals surface area contributed by atoms with Crippen molar-refractivity contribution in [1.29, 1.82) is 0 Å². The van der Waals surface area contributed by atoms with Crippen LogP contribution in [0.25, 0.3) is 0 Å². The molecule has 10 heavy (non-hydrogen) atoms. The summed E-state index contributed by atoms with van der Waals surface area (Å²) in [7, 11) is 0. The first-order valence-electron chi connectivity index (χ1n) is 3.55. The first-order chi connectivity index (χ1) is 4.81. The van der Waals surface area contributed by atoms with Crippen molar-refractivity contribution in [3.05, 3.63) is 12.2 Å². The van der Waals surface area contributed by atoms with E-state index in [9.17, 15) is 4.79 Å². The van der Waals surface area contributed by atoms with Crippen molar-refractivity contribution in [2.24, 2.45) is 0 Å². The fourth-order valence-electron chi connectivity index (χ4n) is 0.700. The lowest BCUT2D eigenvalue weighted by Crippen LogP contribution is -1.86. The molecule has 0 aromatic carbocycles. The van der Waals surface area contributed by atoms with Gasteiger partial charge in [-0.25, -0.2) is 0 Å². The zero-order valence-corrected chi connectivity index (χ0v) is 6.18. The van der Waals surface area contributed by atoms with E-state index in [1.807, 2.05) is 0 Å². The van der Waals surface area contributed by atoms with Crippen LogP contribution in [-0.2, 0) is 4.79 Å².